The van der Waals surface area contributed by atoms with Crippen LogP contribution in [0.3, 0.4) is 0 Å². The highest BCUT2D eigenvalue weighted by Crippen LogP contribution is 2.37. The lowest BCUT2D eigenvalue weighted by molar-refractivity contribution is 0.284. The number of nitrogens with zero attached hydrogens (tertiary/aromatic N) is 1. The van der Waals surface area contributed by atoms with Crippen molar-refractivity contribution in [3.8, 4) is 11.8 Å². The number of ether oxygens (including phenoxy) is 1. The molecule has 0 spiro atoms. The molecule has 0 saturated heterocycles. The number of nitriles is 1. The third kappa shape index (κ3) is 4.28. The Balaban J connectivity index is 3.14. The fraction of sp³-hybridized carbons (Fsp3) is 0.588. The summed E-state index contributed by atoms with van der Waals surface area (Å²) in [5, 5.41) is 8.91. The Morgan fingerprint density at radius 1 is 1.16 bits per heavy atom. The fourth-order valence-electron chi connectivity index (χ4n) is 2.85. The Hall–Kier alpha value is -1.49. The first-order valence-electron chi connectivity index (χ1n) is 6.74. The molecule has 0 aliphatic rings. The topological polar surface area (TPSA) is 33.0 Å². The van der Waals surface area contributed by atoms with E-state index in [2.05, 4.69) is 52.8 Å². The van der Waals surface area contributed by atoms with E-state index in [1.54, 1.807) is 7.11 Å². The van der Waals surface area contributed by atoms with Crippen LogP contribution < -0.4 is 4.74 Å². The summed E-state index contributed by atoms with van der Waals surface area (Å²) in [6.45, 7) is 11.3. The summed E-state index contributed by atoms with van der Waals surface area (Å²) in [7, 11) is 1.65. The molecule has 0 unspecified atom stereocenters. The van der Waals surface area contributed by atoms with E-state index < -0.39 is 0 Å². The Morgan fingerprint density at radius 2 is 1.79 bits per heavy atom. The number of benzene rings is 1. The van der Waals surface area contributed by atoms with Crippen LogP contribution >= 0.6 is 0 Å². The van der Waals surface area contributed by atoms with Crippen LogP contribution in [0, 0.1) is 16.7 Å². The van der Waals surface area contributed by atoms with E-state index in [0.29, 0.717) is 6.42 Å². The molecule has 19 heavy (non-hydrogen) atoms. The monoisotopic (exact) mass is 259 g/mol. The molecule has 2 heteroatoms. The first-order valence-corrected chi connectivity index (χ1v) is 6.74. The predicted molar refractivity (Wildman–Crippen MR) is 79.4 cm³/mol. The molecule has 0 saturated carbocycles. The summed E-state index contributed by atoms with van der Waals surface area (Å²) in [5.41, 5.74) is 2.62. The lowest BCUT2D eigenvalue weighted by Crippen LogP contribution is -2.25. The lowest BCUT2D eigenvalue weighted by Gasteiger charge is -2.33. The van der Waals surface area contributed by atoms with Crippen LogP contribution in [0.5, 0.6) is 5.75 Å². The maximum Gasteiger partial charge on any atom is 0.123 e. The van der Waals surface area contributed by atoms with Crippen LogP contribution in [0.15, 0.2) is 18.2 Å². The zero-order chi connectivity index (χ0) is 14.7. The first kappa shape index (κ1) is 15.6. The molecule has 0 fully saturated rings. The minimum absolute atomic E-state index is 0.0920. The second-order valence-corrected chi connectivity index (χ2v) is 6.98. The summed E-state index contributed by atoms with van der Waals surface area (Å²) >= 11 is 0. The zero-order valence-electron chi connectivity index (χ0n) is 13.0. The lowest BCUT2D eigenvalue weighted by atomic mass is 9.72. The van der Waals surface area contributed by atoms with Gasteiger partial charge in [0.25, 0.3) is 0 Å². The number of methoxy groups -OCH3 is 1. The van der Waals surface area contributed by atoms with E-state index in [9.17, 15) is 0 Å². The molecular formula is C17H25NO. The molecule has 1 rings (SSSR count). The van der Waals surface area contributed by atoms with Crippen molar-refractivity contribution in [2.75, 3.05) is 7.11 Å². The van der Waals surface area contributed by atoms with Gasteiger partial charge >= 0.3 is 0 Å². The van der Waals surface area contributed by atoms with Gasteiger partial charge in [-0.3, -0.25) is 0 Å². The van der Waals surface area contributed by atoms with Gasteiger partial charge in [-0.15, -0.1) is 0 Å². The third-order valence-electron chi connectivity index (χ3n) is 3.30. The van der Waals surface area contributed by atoms with Gasteiger partial charge in [-0.1, -0.05) is 46.8 Å². The number of hydrogen-bond donors (Lipinski definition) is 0. The SMILES string of the molecule is COc1ccc(C(C)(C)CC(C)(C)C)cc1CC#N. The summed E-state index contributed by atoms with van der Waals surface area (Å²) in [6.07, 6.45) is 1.49. The van der Waals surface area contributed by atoms with Crippen molar-refractivity contribution in [1.82, 2.24) is 0 Å². The Bertz CT molecular complexity index is 475. The predicted octanol–water partition coefficient (Wildman–Crippen LogP) is 4.48. The second-order valence-electron chi connectivity index (χ2n) is 6.98. The summed E-state index contributed by atoms with van der Waals surface area (Å²) in [5.74, 6) is 0.803. The first-order chi connectivity index (χ1) is 8.69. The maximum absolute atomic E-state index is 8.91. The highest BCUT2D eigenvalue weighted by molar-refractivity contribution is 5.41. The summed E-state index contributed by atoms with van der Waals surface area (Å²) in [6, 6.07) is 8.42. The maximum atomic E-state index is 8.91. The van der Waals surface area contributed by atoms with E-state index in [-0.39, 0.29) is 10.8 Å². The van der Waals surface area contributed by atoms with Gasteiger partial charge in [0.2, 0.25) is 0 Å². The largest absolute Gasteiger partial charge is 0.496 e. The molecule has 1 aromatic carbocycles. The van der Waals surface area contributed by atoms with Gasteiger partial charge in [0.05, 0.1) is 19.6 Å². The molecule has 0 atom stereocenters. The molecule has 0 aromatic heterocycles. The van der Waals surface area contributed by atoms with E-state index in [4.69, 9.17) is 10.00 Å². The molecule has 0 radical (unpaired) electrons. The van der Waals surface area contributed by atoms with E-state index >= 15 is 0 Å². The van der Waals surface area contributed by atoms with Crippen LogP contribution in [0.4, 0.5) is 0 Å². The van der Waals surface area contributed by atoms with Crippen LogP contribution in [0.2, 0.25) is 0 Å². The van der Waals surface area contributed by atoms with Crippen LogP contribution in [0.25, 0.3) is 0 Å². The minimum Gasteiger partial charge on any atom is -0.496 e. The molecule has 0 aliphatic heterocycles. The highest BCUT2D eigenvalue weighted by atomic mass is 16.5. The van der Waals surface area contributed by atoms with Gasteiger partial charge in [-0.25, -0.2) is 0 Å². The van der Waals surface area contributed by atoms with Gasteiger partial charge in [0.1, 0.15) is 5.75 Å². The normalized spacial score (nSPS) is 12.1. The summed E-state index contributed by atoms with van der Waals surface area (Å²) < 4.78 is 5.32. The molecule has 0 amide bonds. The average molecular weight is 259 g/mol. The second kappa shape index (κ2) is 5.65. The Labute approximate surface area is 117 Å². The molecule has 0 N–H and O–H groups in total. The van der Waals surface area contributed by atoms with Crippen molar-refractivity contribution >= 4 is 0 Å². The van der Waals surface area contributed by atoms with E-state index in [1.165, 1.54) is 5.56 Å². The van der Waals surface area contributed by atoms with Gasteiger partial charge in [-0.05, 0) is 28.9 Å². The summed E-state index contributed by atoms with van der Waals surface area (Å²) in [4.78, 5) is 0. The molecule has 104 valence electrons. The number of rotatable bonds is 4. The van der Waals surface area contributed by atoms with E-state index in [1.807, 2.05) is 6.07 Å². The molecule has 0 aliphatic carbocycles. The average Bonchev–Trinajstić information content (AvgIpc) is 2.26. The van der Waals surface area contributed by atoms with Crippen LogP contribution in [-0.4, -0.2) is 7.11 Å². The van der Waals surface area contributed by atoms with Crippen molar-refractivity contribution in [3.63, 3.8) is 0 Å². The highest BCUT2D eigenvalue weighted by Gasteiger charge is 2.27. The Kier molecular flexibility index (Phi) is 4.63. The molecule has 0 heterocycles. The van der Waals surface area contributed by atoms with Crippen molar-refractivity contribution in [1.29, 1.82) is 5.26 Å². The Morgan fingerprint density at radius 3 is 2.26 bits per heavy atom. The third-order valence-corrected chi connectivity index (χ3v) is 3.30. The fourth-order valence-corrected chi connectivity index (χ4v) is 2.85. The van der Waals surface area contributed by atoms with Crippen LogP contribution in [0.1, 0.15) is 52.2 Å². The van der Waals surface area contributed by atoms with Crippen molar-refractivity contribution in [2.45, 2.75) is 52.9 Å². The van der Waals surface area contributed by atoms with Crippen molar-refractivity contribution in [3.05, 3.63) is 29.3 Å². The smallest absolute Gasteiger partial charge is 0.123 e. The zero-order valence-corrected chi connectivity index (χ0v) is 13.0. The molecule has 2 nitrogen and oxygen atoms in total. The van der Waals surface area contributed by atoms with E-state index in [0.717, 1.165) is 17.7 Å². The standard InChI is InChI=1S/C17H25NO/c1-16(2,3)12-17(4,5)14-7-8-15(19-6)13(11-14)9-10-18/h7-8,11H,9,12H2,1-6H3. The minimum atomic E-state index is 0.0920. The quantitative estimate of drug-likeness (QED) is 0.799. The number of hydrogen-bond acceptors (Lipinski definition) is 2. The van der Waals surface area contributed by atoms with Gasteiger partial charge in [-0.2, -0.15) is 5.26 Å². The van der Waals surface area contributed by atoms with Crippen molar-refractivity contribution < 1.29 is 4.74 Å². The van der Waals surface area contributed by atoms with Crippen LogP contribution in [-0.2, 0) is 11.8 Å². The molecular weight excluding hydrogens is 234 g/mol. The van der Waals surface area contributed by atoms with Crippen molar-refractivity contribution in [2.24, 2.45) is 5.41 Å². The molecule has 1 aromatic rings. The molecule has 0 bridgehead atoms. The van der Waals surface area contributed by atoms with Gasteiger partial charge < -0.3 is 4.74 Å². The van der Waals surface area contributed by atoms with Gasteiger partial charge in [0, 0.05) is 5.56 Å². The van der Waals surface area contributed by atoms with Gasteiger partial charge in [0.15, 0.2) is 0 Å².